The second-order valence-corrected chi connectivity index (χ2v) is 5.78. The fraction of sp³-hybridized carbons (Fsp3) is 0.643. The van der Waals surface area contributed by atoms with Crippen molar-refractivity contribution in [2.45, 2.75) is 46.3 Å². The van der Waals surface area contributed by atoms with Gasteiger partial charge in [0.25, 0.3) is 0 Å². The van der Waals surface area contributed by atoms with Crippen LogP contribution in [0.1, 0.15) is 51.1 Å². The van der Waals surface area contributed by atoms with Crippen molar-refractivity contribution in [3.63, 3.8) is 0 Å². The van der Waals surface area contributed by atoms with E-state index in [-0.39, 0.29) is 30.8 Å². The van der Waals surface area contributed by atoms with E-state index < -0.39 is 17.7 Å². The van der Waals surface area contributed by atoms with Gasteiger partial charge in [0.15, 0.2) is 5.69 Å². The Labute approximate surface area is 129 Å². The number of nitrogens with one attached hydrogen (secondary N) is 1. The second kappa shape index (κ2) is 7.15. The molecule has 22 heavy (non-hydrogen) atoms. The smallest absolute Gasteiger partial charge is 0.407 e. The fourth-order valence-corrected chi connectivity index (χ4v) is 1.71. The molecule has 0 fully saturated rings. The van der Waals surface area contributed by atoms with Crippen LogP contribution in [0.4, 0.5) is 4.79 Å². The quantitative estimate of drug-likeness (QED) is 0.804. The normalized spacial score (nSPS) is 12.6. The van der Waals surface area contributed by atoms with Gasteiger partial charge in [-0.25, -0.2) is 14.3 Å². The van der Waals surface area contributed by atoms with Crippen LogP contribution in [0.25, 0.3) is 0 Å². The van der Waals surface area contributed by atoms with E-state index >= 15 is 0 Å². The van der Waals surface area contributed by atoms with Crippen LogP contribution in [-0.4, -0.2) is 45.7 Å². The zero-order chi connectivity index (χ0) is 16.9. The molecule has 0 aliphatic rings. The van der Waals surface area contributed by atoms with Gasteiger partial charge in [-0.05, 0) is 34.6 Å². The SMILES string of the molecule is CCOC(=O)c1cc(O)nn1[C@@H](C)CNC(=O)OC(C)(C)C. The third kappa shape index (κ3) is 5.27. The van der Waals surface area contributed by atoms with Gasteiger partial charge in [-0.2, -0.15) is 0 Å². The Kier molecular flexibility index (Phi) is 5.78. The van der Waals surface area contributed by atoms with Gasteiger partial charge < -0.3 is 19.9 Å². The minimum Gasteiger partial charge on any atom is -0.492 e. The van der Waals surface area contributed by atoms with Crippen LogP contribution < -0.4 is 5.32 Å². The van der Waals surface area contributed by atoms with Crippen molar-refractivity contribution in [1.29, 1.82) is 0 Å². The second-order valence-electron chi connectivity index (χ2n) is 5.78. The summed E-state index contributed by atoms with van der Waals surface area (Å²) in [5.41, 5.74) is -0.467. The van der Waals surface area contributed by atoms with Crippen molar-refractivity contribution in [3.05, 3.63) is 11.8 Å². The van der Waals surface area contributed by atoms with Crippen molar-refractivity contribution >= 4 is 12.1 Å². The van der Waals surface area contributed by atoms with Gasteiger partial charge in [-0.15, -0.1) is 5.10 Å². The molecule has 8 nitrogen and oxygen atoms in total. The standard InChI is InChI=1S/C14H23N3O5/c1-6-21-12(19)10-7-11(18)16-17(10)9(2)8-15-13(20)22-14(3,4)5/h7,9H,6,8H2,1-5H3,(H,15,20)(H,16,18)/t9-/m0/s1. The molecule has 1 amide bonds. The van der Waals surface area contributed by atoms with Crippen molar-refractivity contribution in [2.75, 3.05) is 13.2 Å². The predicted molar refractivity (Wildman–Crippen MR) is 78.8 cm³/mol. The maximum atomic E-state index is 11.8. The molecule has 0 saturated carbocycles. The summed E-state index contributed by atoms with van der Waals surface area (Å²) in [4.78, 5) is 23.4. The number of carbonyl (C=O) groups is 2. The molecule has 0 saturated heterocycles. The molecule has 0 spiro atoms. The van der Waals surface area contributed by atoms with Gasteiger partial charge in [-0.1, -0.05) is 0 Å². The average molecular weight is 313 g/mol. The van der Waals surface area contributed by atoms with Crippen LogP contribution in [0, 0.1) is 0 Å². The number of carbonyl (C=O) groups excluding carboxylic acids is 2. The Balaban J connectivity index is 2.71. The van der Waals surface area contributed by atoms with Crippen LogP contribution in [0.15, 0.2) is 6.07 Å². The molecule has 124 valence electrons. The van der Waals surface area contributed by atoms with Crippen molar-refractivity contribution < 1.29 is 24.2 Å². The van der Waals surface area contributed by atoms with Gasteiger partial charge in [0.05, 0.1) is 12.6 Å². The predicted octanol–water partition coefficient (Wildman–Crippen LogP) is 1.85. The summed E-state index contributed by atoms with van der Waals surface area (Å²) in [6, 6.07) is 0.856. The van der Waals surface area contributed by atoms with E-state index in [1.807, 2.05) is 0 Å². The summed E-state index contributed by atoms with van der Waals surface area (Å²) in [6.45, 7) is 9.12. The molecular formula is C14H23N3O5. The Bertz CT molecular complexity index is 533. The number of nitrogens with zero attached hydrogens (tertiary/aromatic N) is 2. The molecule has 1 rings (SSSR count). The number of aromatic hydroxyl groups is 1. The minimum atomic E-state index is -0.590. The Hall–Kier alpha value is -2.25. The highest BCUT2D eigenvalue weighted by Gasteiger charge is 2.21. The lowest BCUT2D eigenvalue weighted by Crippen LogP contribution is -2.36. The zero-order valence-corrected chi connectivity index (χ0v) is 13.5. The molecule has 0 bridgehead atoms. The number of rotatable bonds is 5. The van der Waals surface area contributed by atoms with E-state index in [1.165, 1.54) is 10.7 Å². The largest absolute Gasteiger partial charge is 0.492 e. The zero-order valence-electron chi connectivity index (χ0n) is 13.5. The molecule has 1 aromatic heterocycles. The average Bonchev–Trinajstić information content (AvgIpc) is 2.76. The van der Waals surface area contributed by atoms with Crippen LogP contribution >= 0.6 is 0 Å². The maximum absolute atomic E-state index is 11.8. The first kappa shape index (κ1) is 17.8. The summed E-state index contributed by atoms with van der Waals surface area (Å²) in [5, 5.41) is 15.9. The minimum absolute atomic E-state index is 0.123. The lowest BCUT2D eigenvalue weighted by molar-refractivity contribution is 0.0508. The van der Waals surface area contributed by atoms with Crippen LogP contribution in [-0.2, 0) is 9.47 Å². The Morgan fingerprint density at radius 3 is 2.64 bits per heavy atom. The highest BCUT2D eigenvalue weighted by molar-refractivity contribution is 5.88. The summed E-state index contributed by atoms with van der Waals surface area (Å²) in [6.07, 6.45) is -0.562. The van der Waals surface area contributed by atoms with E-state index in [2.05, 4.69) is 10.4 Å². The first-order valence-corrected chi connectivity index (χ1v) is 7.06. The van der Waals surface area contributed by atoms with E-state index in [9.17, 15) is 14.7 Å². The van der Waals surface area contributed by atoms with E-state index in [0.29, 0.717) is 0 Å². The highest BCUT2D eigenvalue weighted by atomic mass is 16.6. The third-order valence-corrected chi connectivity index (χ3v) is 2.57. The van der Waals surface area contributed by atoms with Crippen molar-refractivity contribution in [1.82, 2.24) is 15.1 Å². The van der Waals surface area contributed by atoms with Gasteiger partial charge in [0.2, 0.25) is 5.88 Å². The van der Waals surface area contributed by atoms with Crippen molar-refractivity contribution in [3.8, 4) is 5.88 Å². The van der Waals surface area contributed by atoms with Crippen LogP contribution in [0.2, 0.25) is 0 Å². The lowest BCUT2D eigenvalue weighted by atomic mass is 10.2. The highest BCUT2D eigenvalue weighted by Crippen LogP contribution is 2.16. The number of aromatic nitrogens is 2. The first-order valence-electron chi connectivity index (χ1n) is 7.06. The molecule has 1 atom stereocenters. The monoisotopic (exact) mass is 313 g/mol. The van der Waals surface area contributed by atoms with Gasteiger partial charge >= 0.3 is 12.1 Å². The molecule has 1 heterocycles. The number of alkyl carbamates (subject to hydrolysis) is 1. The molecule has 0 aliphatic heterocycles. The number of esters is 1. The van der Waals surface area contributed by atoms with E-state index in [0.717, 1.165) is 0 Å². The Morgan fingerprint density at radius 1 is 1.45 bits per heavy atom. The summed E-state index contributed by atoms with van der Waals surface area (Å²) in [5.74, 6) is -0.869. The molecule has 2 N–H and O–H groups in total. The molecule has 0 aromatic carbocycles. The van der Waals surface area contributed by atoms with Crippen LogP contribution in [0.3, 0.4) is 0 Å². The number of hydrogen-bond acceptors (Lipinski definition) is 6. The third-order valence-electron chi connectivity index (χ3n) is 2.57. The summed E-state index contributed by atoms with van der Waals surface area (Å²) < 4.78 is 11.3. The molecule has 0 radical (unpaired) electrons. The molecule has 1 aromatic rings. The Morgan fingerprint density at radius 2 is 2.09 bits per heavy atom. The van der Waals surface area contributed by atoms with Gasteiger partial charge in [-0.3, -0.25) is 0 Å². The van der Waals surface area contributed by atoms with Crippen LogP contribution in [0.5, 0.6) is 5.88 Å². The lowest BCUT2D eigenvalue weighted by Gasteiger charge is -2.21. The maximum Gasteiger partial charge on any atom is 0.407 e. The van der Waals surface area contributed by atoms with Gasteiger partial charge in [0.1, 0.15) is 5.60 Å². The molecule has 0 aliphatic carbocycles. The fourth-order valence-electron chi connectivity index (χ4n) is 1.71. The number of ether oxygens (including phenoxy) is 2. The first-order chi connectivity index (χ1) is 10.1. The molecule has 8 heteroatoms. The molecule has 0 unspecified atom stereocenters. The topological polar surface area (TPSA) is 103 Å². The summed E-state index contributed by atoms with van der Waals surface area (Å²) in [7, 11) is 0. The van der Waals surface area contributed by atoms with E-state index in [4.69, 9.17) is 9.47 Å². The van der Waals surface area contributed by atoms with Crippen molar-refractivity contribution in [2.24, 2.45) is 0 Å². The number of amides is 1. The van der Waals surface area contributed by atoms with E-state index in [1.54, 1.807) is 34.6 Å². The van der Waals surface area contributed by atoms with Gasteiger partial charge in [0, 0.05) is 12.6 Å². The summed E-state index contributed by atoms with van der Waals surface area (Å²) >= 11 is 0. The number of hydrogen-bond donors (Lipinski definition) is 2. The molecular weight excluding hydrogens is 290 g/mol.